The minimum atomic E-state index is -0.285. The monoisotopic (exact) mass is 428 g/mol. The summed E-state index contributed by atoms with van der Waals surface area (Å²) in [7, 11) is 0. The summed E-state index contributed by atoms with van der Waals surface area (Å²) in [5.41, 5.74) is 6.11. The zero-order valence-electron chi connectivity index (χ0n) is 17.2. The molecule has 0 aliphatic rings. The number of aromatic hydroxyl groups is 1. The number of aromatic nitrogens is 1. The van der Waals surface area contributed by atoms with Gasteiger partial charge in [-0.1, -0.05) is 53.6 Å². The molecule has 154 valence electrons. The van der Waals surface area contributed by atoms with Gasteiger partial charge in [0, 0.05) is 27.6 Å². The number of nitrogens with one attached hydrogen (secondary N) is 1. The summed E-state index contributed by atoms with van der Waals surface area (Å²) in [5.74, 6) is -0.106. The minimum absolute atomic E-state index is 0.179. The molecule has 4 rings (SSSR count). The van der Waals surface area contributed by atoms with Crippen molar-refractivity contribution in [3.63, 3.8) is 0 Å². The van der Waals surface area contributed by atoms with Gasteiger partial charge in [0.2, 0.25) is 5.91 Å². The van der Waals surface area contributed by atoms with Crippen molar-refractivity contribution in [2.45, 2.75) is 13.8 Å². The number of rotatable bonds is 4. The SMILES string of the molecule is Cc1cc(C)c2ncc(NC(=O)/C=C/c3ccc(O)cc3)c(-c3ccccc3Cl)c2c1. The van der Waals surface area contributed by atoms with E-state index in [1.807, 2.05) is 38.1 Å². The van der Waals surface area contributed by atoms with E-state index in [4.69, 9.17) is 11.6 Å². The lowest BCUT2D eigenvalue weighted by Gasteiger charge is -2.16. The Morgan fingerprint density at radius 2 is 1.81 bits per heavy atom. The third kappa shape index (κ3) is 4.44. The molecule has 0 bridgehead atoms. The molecular formula is C26H21ClN2O2. The Kier molecular flexibility index (Phi) is 5.74. The van der Waals surface area contributed by atoms with E-state index in [-0.39, 0.29) is 11.7 Å². The van der Waals surface area contributed by atoms with E-state index < -0.39 is 0 Å². The molecule has 0 aliphatic carbocycles. The maximum atomic E-state index is 12.7. The van der Waals surface area contributed by atoms with Gasteiger partial charge in [-0.2, -0.15) is 0 Å². The molecule has 1 heterocycles. The first-order valence-electron chi connectivity index (χ1n) is 9.85. The van der Waals surface area contributed by atoms with Gasteiger partial charge in [0.25, 0.3) is 0 Å². The number of halogens is 1. The molecule has 0 radical (unpaired) electrons. The lowest BCUT2D eigenvalue weighted by atomic mass is 9.96. The van der Waals surface area contributed by atoms with Gasteiger partial charge in [-0.05, 0) is 55.3 Å². The van der Waals surface area contributed by atoms with Crippen molar-refractivity contribution in [1.82, 2.24) is 4.98 Å². The number of fused-ring (bicyclic) bond motifs is 1. The third-order valence-electron chi connectivity index (χ3n) is 5.03. The fraction of sp³-hybridized carbons (Fsp3) is 0.0769. The predicted octanol–water partition coefficient (Wildman–Crippen LogP) is 6.53. The van der Waals surface area contributed by atoms with Gasteiger partial charge in [0.1, 0.15) is 5.75 Å². The minimum Gasteiger partial charge on any atom is -0.508 e. The van der Waals surface area contributed by atoms with Crippen molar-refractivity contribution in [3.8, 4) is 16.9 Å². The van der Waals surface area contributed by atoms with E-state index in [1.165, 1.54) is 6.08 Å². The molecule has 0 aliphatic heterocycles. The number of phenols is 1. The molecule has 3 aromatic carbocycles. The highest BCUT2D eigenvalue weighted by molar-refractivity contribution is 6.34. The highest BCUT2D eigenvalue weighted by Crippen LogP contribution is 2.39. The Labute approximate surface area is 185 Å². The van der Waals surface area contributed by atoms with Crippen molar-refractivity contribution in [2.24, 2.45) is 0 Å². The summed E-state index contributed by atoms with van der Waals surface area (Å²) in [6, 6.07) is 18.3. The third-order valence-corrected chi connectivity index (χ3v) is 5.36. The summed E-state index contributed by atoms with van der Waals surface area (Å²) in [6.07, 6.45) is 4.82. The first-order chi connectivity index (χ1) is 14.9. The van der Waals surface area contributed by atoms with E-state index >= 15 is 0 Å². The van der Waals surface area contributed by atoms with Crippen LogP contribution < -0.4 is 5.32 Å². The molecule has 4 nitrogen and oxygen atoms in total. The predicted molar refractivity (Wildman–Crippen MR) is 127 cm³/mol. The van der Waals surface area contributed by atoms with Crippen molar-refractivity contribution < 1.29 is 9.90 Å². The van der Waals surface area contributed by atoms with Crippen LogP contribution in [0.5, 0.6) is 5.75 Å². The average molecular weight is 429 g/mol. The maximum Gasteiger partial charge on any atom is 0.248 e. The van der Waals surface area contributed by atoms with Crippen LogP contribution in [0.2, 0.25) is 5.02 Å². The second kappa shape index (κ2) is 8.62. The van der Waals surface area contributed by atoms with E-state index in [1.54, 1.807) is 36.5 Å². The van der Waals surface area contributed by atoms with Gasteiger partial charge in [0.05, 0.1) is 17.4 Å². The van der Waals surface area contributed by atoms with Crippen LogP contribution >= 0.6 is 11.6 Å². The number of hydrogen-bond donors (Lipinski definition) is 2. The van der Waals surface area contributed by atoms with Crippen LogP contribution in [-0.4, -0.2) is 16.0 Å². The number of carbonyl (C=O) groups excluding carboxylic acids is 1. The normalized spacial score (nSPS) is 11.2. The molecule has 31 heavy (non-hydrogen) atoms. The number of benzene rings is 3. The molecule has 1 amide bonds. The summed E-state index contributed by atoms with van der Waals surface area (Å²) in [4.78, 5) is 17.3. The Hall–Kier alpha value is -3.63. The molecule has 0 fully saturated rings. The molecule has 0 atom stereocenters. The van der Waals surface area contributed by atoms with Gasteiger partial charge in [-0.3, -0.25) is 9.78 Å². The van der Waals surface area contributed by atoms with Crippen molar-refractivity contribution in [2.75, 3.05) is 5.32 Å². The molecule has 0 unspecified atom stereocenters. The van der Waals surface area contributed by atoms with Crippen LogP contribution in [0, 0.1) is 13.8 Å². The van der Waals surface area contributed by atoms with Gasteiger partial charge in [0.15, 0.2) is 0 Å². The molecule has 0 saturated carbocycles. The lowest BCUT2D eigenvalue weighted by Crippen LogP contribution is -2.10. The molecule has 4 aromatic rings. The lowest BCUT2D eigenvalue weighted by molar-refractivity contribution is -0.111. The molecular weight excluding hydrogens is 408 g/mol. The average Bonchev–Trinajstić information content (AvgIpc) is 2.74. The summed E-state index contributed by atoms with van der Waals surface area (Å²) in [6.45, 7) is 4.06. The van der Waals surface area contributed by atoms with Gasteiger partial charge in [-0.25, -0.2) is 0 Å². The van der Waals surface area contributed by atoms with E-state index in [0.717, 1.165) is 38.7 Å². The molecule has 1 aromatic heterocycles. The topological polar surface area (TPSA) is 62.2 Å². The quantitative estimate of drug-likeness (QED) is 0.363. The number of carbonyl (C=O) groups is 1. The second-order valence-corrected chi connectivity index (χ2v) is 7.83. The Bertz CT molecular complexity index is 1310. The first kappa shape index (κ1) is 20.6. The number of anilines is 1. The Balaban J connectivity index is 1.78. The molecule has 5 heteroatoms. The zero-order chi connectivity index (χ0) is 22.0. The van der Waals surface area contributed by atoms with E-state index in [2.05, 4.69) is 22.4 Å². The van der Waals surface area contributed by atoms with Crippen molar-refractivity contribution >= 4 is 40.2 Å². The summed E-state index contributed by atoms with van der Waals surface area (Å²) < 4.78 is 0. The summed E-state index contributed by atoms with van der Waals surface area (Å²) in [5, 5.41) is 13.9. The first-order valence-corrected chi connectivity index (χ1v) is 10.2. The fourth-order valence-electron chi connectivity index (χ4n) is 3.64. The standard InChI is InChI=1S/C26H21ClN2O2/c1-16-13-17(2)26-21(14-16)25(20-5-3-4-6-22(20)27)23(15-28-26)29-24(31)12-9-18-7-10-19(30)11-8-18/h3-15,30H,1-2H3,(H,29,31)/b12-9+. The number of hydrogen-bond acceptors (Lipinski definition) is 3. The van der Waals surface area contributed by atoms with Crippen LogP contribution in [0.4, 0.5) is 5.69 Å². The van der Waals surface area contributed by atoms with E-state index in [0.29, 0.717) is 10.7 Å². The van der Waals surface area contributed by atoms with Crippen LogP contribution in [0.15, 0.2) is 72.9 Å². The molecule has 2 N–H and O–H groups in total. The van der Waals surface area contributed by atoms with Crippen LogP contribution in [0.3, 0.4) is 0 Å². The van der Waals surface area contributed by atoms with Crippen molar-refractivity contribution in [3.05, 3.63) is 94.6 Å². The van der Waals surface area contributed by atoms with E-state index in [9.17, 15) is 9.90 Å². The smallest absolute Gasteiger partial charge is 0.248 e. The number of phenolic OH excluding ortho intramolecular Hbond substituents is 1. The maximum absolute atomic E-state index is 12.7. The van der Waals surface area contributed by atoms with Crippen LogP contribution in [0.25, 0.3) is 28.1 Å². The molecule has 0 spiro atoms. The largest absolute Gasteiger partial charge is 0.508 e. The second-order valence-electron chi connectivity index (χ2n) is 7.42. The molecule has 0 saturated heterocycles. The number of amides is 1. The van der Waals surface area contributed by atoms with Crippen molar-refractivity contribution in [1.29, 1.82) is 0 Å². The highest BCUT2D eigenvalue weighted by atomic mass is 35.5. The number of pyridine rings is 1. The zero-order valence-corrected chi connectivity index (χ0v) is 17.9. The number of nitrogens with zero attached hydrogens (tertiary/aromatic N) is 1. The van der Waals surface area contributed by atoms with Crippen LogP contribution in [-0.2, 0) is 4.79 Å². The van der Waals surface area contributed by atoms with Crippen LogP contribution in [0.1, 0.15) is 16.7 Å². The van der Waals surface area contributed by atoms with Gasteiger partial charge >= 0.3 is 0 Å². The van der Waals surface area contributed by atoms with Gasteiger partial charge in [-0.15, -0.1) is 0 Å². The summed E-state index contributed by atoms with van der Waals surface area (Å²) >= 11 is 6.53. The Morgan fingerprint density at radius 1 is 1.06 bits per heavy atom. The Morgan fingerprint density at radius 3 is 2.55 bits per heavy atom. The van der Waals surface area contributed by atoms with Gasteiger partial charge < -0.3 is 10.4 Å². The number of aryl methyl sites for hydroxylation is 2. The highest BCUT2D eigenvalue weighted by Gasteiger charge is 2.16. The fourth-order valence-corrected chi connectivity index (χ4v) is 3.87.